The van der Waals surface area contributed by atoms with Crippen molar-refractivity contribution in [2.45, 2.75) is 77.0 Å². The van der Waals surface area contributed by atoms with Crippen molar-refractivity contribution in [2.24, 2.45) is 28.3 Å². The highest BCUT2D eigenvalue weighted by Gasteiger charge is 2.55. The number of nitrogens with one attached hydrogen (secondary N) is 1. The van der Waals surface area contributed by atoms with E-state index in [1.54, 1.807) is 13.3 Å². The van der Waals surface area contributed by atoms with Gasteiger partial charge in [-0.25, -0.2) is 5.43 Å². The zero-order chi connectivity index (χ0) is 29.4. The molecule has 4 aliphatic carbocycles. The number of halogens is 1. The van der Waals surface area contributed by atoms with Gasteiger partial charge in [0.05, 0.1) is 23.2 Å². The number of anilines is 3. The van der Waals surface area contributed by atoms with E-state index in [0.29, 0.717) is 51.6 Å². The Morgan fingerprint density at radius 1 is 0.907 bits per heavy atom. The average Bonchev–Trinajstić information content (AvgIpc) is 3.02. The van der Waals surface area contributed by atoms with Gasteiger partial charge in [0, 0.05) is 26.2 Å². The molecule has 0 amide bonds. The Morgan fingerprint density at radius 3 is 2.00 bits per heavy atom. The van der Waals surface area contributed by atoms with Crippen LogP contribution in [0.15, 0.2) is 21.7 Å². The molecule has 4 saturated carbocycles. The number of hydrogen-bond donors (Lipinski definition) is 1. The van der Waals surface area contributed by atoms with Gasteiger partial charge in [-0.2, -0.15) is 20.1 Å². The van der Waals surface area contributed by atoms with Gasteiger partial charge in [0.15, 0.2) is 11.5 Å². The molecule has 230 valence electrons. The summed E-state index contributed by atoms with van der Waals surface area (Å²) in [6.45, 7) is 3.83. The predicted octanol–water partition coefficient (Wildman–Crippen LogP) is 6.19. The van der Waals surface area contributed by atoms with Crippen molar-refractivity contribution in [3.05, 3.63) is 22.2 Å². The van der Waals surface area contributed by atoms with Crippen molar-refractivity contribution in [3.8, 4) is 11.5 Å². The van der Waals surface area contributed by atoms with E-state index in [2.05, 4.69) is 36.3 Å². The zero-order valence-corrected chi connectivity index (χ0v) is 26.6. The molecule has 2 aromatic rings. The first-order chi connectivity index (χ1) is 21.0. The van der Waals surface area contributed by atoms with E-state index in [1.165, 1.54) is 32.1 Å². The fourth-order valence-corrected chi connectivity index (χ4v) is 9.05. The van der Waals surface area contributed by atoms with E-state index >= 15 is 0 Å². The molecule has 6 fully saturated rings. The Labute approximate surface area is 262 Å². The third-order valence-electron chi connectivity index (χ3n) is 10.2. The first-order valence-corrected chi connectivity index (χ1v) is 16.9. The maximum Gasteiger partial charge on any atom is 0.317 e. The molecule has 10 nitrogen and oxygen atoms in total. The summed E-state index contributed by atoms with van der Waals surface area (Å²) in [7, 11) is 1.60. The molecule has 0 spiro atoms. The van der Waals surface area contributed by atoms with Gasteiger partial charge in [-0.1, -0.05) is 0 Å². The van der Waals surface area contributed by atoms with Crippen LogP contribution >= 0.6 is 15.9 Å². The standard InChI is InChI=1S/C32H42BrN7O3/c1-42-26-16-24(15-25(33)27(26)43-28(41)32-17-21-12-22(18-32)14-23(13-21)19-32)20-34-38-29-35-30(39-8-4-2-5-9-39)37-31(36-29)40-10-6-3-7-11-40/h15-16,20-23H,2-14,17-19H2,1H3,(H,35,36,37,38)/b34-20-. The van der Waals surface area contributed by atoms with E-state index in [9.17, 15) is 4.79 Å². The first-order valence-electron chi connectivity index (χ1n) is 16.1. The molecule has 1 aromatic carbocycles. The van der Waals surface area contributed by atoms with Crippen LogP contribution in [0.2, 0.25) is 0 Å². The van der Waals surface area contributed by atoms with Crippen molar-refractivity contribution in [1.29, 1.82) is 0 Å². The summed E-state index contributed by atoms with van der Waals surface area (Å²) in [6.07, 6.45) is 15.5. The molecule has 3 heterocycles. The van der Waals surface area contributed by atoms with Crippen LogP contribution in [0.1, 0.15) is 82.6 Å². The maximum atomic E-state index is 13.6. The SMILES string of the molecule is COc1cc(/C=N\Nc2nc(N3CCCCC3)nc(N3CCCCC3)n2)cc(Br)c1OC(=O)C12CC3CC(CC(C3)C1)C2. The number of carbonyl (C=O) groups excluding carboxylic acids is 1. The van der Waals surface area contributed by atoms with E-state index in [4.69, 9.17) is 24.4 Å². The van der Waals surface area contributed by atoms with Crippen LogP contribution < -0.4 is 24.7 Å². The Balaban J connectivity index is 1.07. The van der Waals surface area contributed by atoms with Crippen molar-refractivity contribution >= 4 is 46.0 Å². The number of esters is 1. The quantitative estimate of drug-likeness (QED) is 0.155. The lowest BCUT2D eigenvalue weighted by molar-refractivity contribution is -0.161. The van der Waals surface area contributed by atoms with Gasteiger partial charge in [0.2, 0.25) is 17.8 Å². The summed E-state index contributed by atoms with van der Waals surface area (Å²) >= 11 is 3.64. The van der Waals surface area contributed by atoms with Crippen molar-refractivity contribution in [2.75, 3.05) is 48.5 Å². The van der Waals surface area contributed by atoms with Crippen LogP contribution in [-0.4, -0.2) is 60.4 Å². The van der Waals surface area contributed by atoms with Crippen molar-refractivity contribution in [3.63, 3.8) is 0 Å². The predicted molar refractivity (Wildman–Crippen MR) is 170 cm³/mol. The maximum absolute atomic E-state index is 13.6. The highest BCUT2D eigenvalue weighted by atomic mass is 79.9. The Morgan fingerprint density at radius 2 is 1.47 bits per heavy atom. The zero-order valence-electron chi connectivity index (χ0n) is 25.1. The number of rotatable bonds is 8. The number of ether oxygens (including phenoxy) is 2. The summed E-state index contributed by atoms with van der Waals surface area (Å²) < 4.78 is 12.5. The van der Waals surface area contributed by atoms with Gasteiger partial charge in [-0.05, 0) is 128 Å². The largest absolute Gasteiger partial charge is 0.493 e. The normalized spacial score (nSPS) is 28.4. The molecule has 0 unspecified atom stereocenters. The molecule has 2 saturated heterocycles. The monoisotopic (exact) mass is 651 g/mol. The Kier molecular flexibility index (Phi) is 8.18. The third-order valence-corrected chi connectivity index (χ3v) is 10.8. The lowest BCUT2D eigenvalue weighted by Gasteiger charge is -2.55. The van der Waals surface area contributed by atoms with E-state index < -0.39 is 0 Å². The Bertz CT molecular complexity index is 1300. The highest BCUT2D eigenvalue weighted by molar-refractivity contribution is 9.10. The number of hydrogen-bond acceptors (Lipinski definition) is 10. The topological polar surface area (TPSA) is 105 Å². The van der Waals surface area contributed by atoms with Crippen LogP contribution in [0.3, 0.4) is 0 Å². The number of benzene rings is 1. The highest BCUT2D eigenvalue weighted by Crippen LogP contribution is 2.60. The minimum Gasteiger partial charge on any atom is -0.493 e. The number of hydrazone groups is 1. The van der Waals surface area contributed by atoms with E-state index in [-0.39, 0.29) is 11.4 Å². The third kappa shape index (κ3) is 6.06. The summed E-state index contributed by atoms with van der Waals surface area (Å²) in [5, 5.41) is 4.47. The molecular weight excluding hydrogens is 610 g/mol. The lowest BCUT2D eigenvalue weighted by atomic mass is 9.49. The second kappa shape index (κ2) is 12.2. The van der Waals surface area contributed by atoms with Crippen LogP contribution in [-0.2, 0) is 4.79 Å². The Hall–Kier alpha value is -2.95. The molecule has 8 rings (SSSR count). The van der Waals surface area contributed by atoms with Crippen molar-refractivity contribution in [1.82, 2.24) is 15.0 Å². The molecule has 4 bridgehead atoms. The lowest BCUT2D eigenvalue weighted by Crippen LogP contribution is -2.51. The molecule has 0 atom stereocenters. The van der Waals surface area contributed by atoms with Crippen LogP contribution in [0.25, 0.3) is 0 Å². The molecule has 6 aliphatic rings. The molecule has 0 radical (unpaired) electrons. The summed E-state index contributed by atoms with van der Waals surface area (Å²) in [6, 6.07) is 3.73. The minimum absolute atomic E-state index is 0.0995. The van der Waals surface area contributed by atoms with Crippen LogP contribution in [0.4, 0.5) is 17.8 Å². The number of carbonyl (C=O) groups is 1. The van der Waals surface area contributed by atoms with Gasteiger partial charge in [-0.3, -0.25) is 4.79 Å². The summed E-state index contributed by atoms with van der Waals surface area (Å²) in [5.41, 5.74) is 3.49. The number of nitrogens with zero attached hydrogens (tertiary/aromatic N) is 6. The summed E-state index contributed by atoms with van der Waals surface area (Å²) in [4.78, 5) is 32.4. The molecule has 2 aliphatic heterocycles. The molecule has 1 aromatic heterocycles. The fourth-order valence-electron chi connectivity index (χ4n) is 8.51. The van der Waals surface area contributed by atoms with Crippen molar-refractivity contribution < 1.29 is 14.3 Å². The second-order valence-electron chi connectivity index (χ2n) is 13.3. The fraction of sp³-hybridized carbons (Fsp3) is 0.656. The van der Waals surface area contributed by atoms with Gasteiger partial charge in [0.1, 0.15) is 0 Å². The summed E-state index contributed by atoms with van der Waals surface area (Å²) in [5.74, 6) is 4.70. The molecule has 11 heteroatoms. The minimum atomic E-state index is -0.339. The number of aromatic nitrogens is 3. The van der Waals surface area contributed by atoms with Gasteiger partial charge >= 0.3 is 5.97 Å². The number of methoxy groups -OCH3 is 1. The van der Waals surface area contributed by atoms with Gasteiger partial charge in [0.25, 0.3) is 0 Å². The molecule has 1 N–H and O–H groups in total. The van der Waals surface area contributed by atoms with Crippen LogP contribution in [0, 0.1) is 23.2 Å². The second-order valence-corrected chi connectivity index (χ2v) is 14.2. The molecule has 43 heavy (non-hydrogen) atoms. The average molecular weight is 653 g/mol. The van der Waals surface area contributed by atoms with E-state index in [0.717, 1.165) is 76.7 Å². The van der Waals surface area contributed by atoms with Crippen LogP contribution in [0.5, 0.6) is 11.5 Å². The number of piperidine rings is 2. The first kappa shape index (κ1) is 28.8. The van der Waals surface area contributed by atoms with Gasteiger partial charge < -0.3 is 19.3 Å². The molecular formula is C32H42BrN7O3. The van der Waals surface area contributed by atoms with Gasteiger partial charge in [-0.15, -0.1) is 0 Å². The smallest absolute Gasteiger partial charge is 0.317 e. The van der Waals surface area contributed by atoms with E-state index in [1.807, 2.05) is 12.1 Å².